The minimum atomic E-state index is -0.0163. The molecule has 0 bridgehead atoms. The third kappa shape index (κ3) is 5.33. The molecule has 0 saturated carbocycles. The van der Waals surface area contributed by atoms with Crippen LogP contribution in [-0.2, 0) is 6.61 Å². The highest BCUT2D eigenvalue weighted by Gasteiger charge is 2.17. The van der Waals surface area contributed by atoms with Crippen LogP contribution in [0, 0.1) is 6.92 Å². The predicted molar refractivity (Wildman–Crippen MR) is 127 cm³/mol. The molecule has 0 saturated heterocycles. The SMILES string of the molecule is CCOc1ccccc1Oc1cnc(N)nc1-c1ccc(OCc2ccc(C)cc2)cc1O. The van der Waals surface area contributed by atoms with E-state index in [2.05, 4.69) is 9.97 Å². The molecule has 0 spiro atoms. The Morgan fingerprint density at radius 2 is 1.67 bits per heavy atom. The van der Waals surface area contributed by atoms with Gasteiger partial charge in [0.1, 0.15) is 23.8 Å². The summed E-state index contributed by atoms with van der Waals surface area (Å²) in [6, 6.07) is 20.4. The molecule has 4 aromatic rings. The third-order valence-electron chi connectivity index (χ3n) is 4.89. The molecule has 0 radical (unpaired) electrons. The van der Waals surface area contributed by atoms with Crippen LogP contribution in [0.5, 0.6) is 28.7 Å². The number of benzene rings is 3. The summed E-state index contributed by atoms with van der Waals surface area (Å²) in [5, 5.41) is 10.7. The maximum Gasteiger partial charge on any atom is 0.220 e. The lowest BCUT2D eigenvalue weighted by Gasteiger charge is -2.15. The zero-order valence-electron chi connectivity index (χ0n) is 18.5. The zero-order chi connectivity index (χ0) is 23.2. The molecule has 4 rings (SSSR count). The minimum absolute atomic E-state index is 0.0163. The lowest BCUT2D eigenvalue weighted by molar-refractivity contribution is 0.304. The van der Waals surface area contributed by atoms with Gasteiger partial charge < -0.3 is 25.1 Å². The highest BCUT2D eigenvalue weighted by atomic mass is 16.5. The van der Waals surface area contributed by atoms with Gasteiger partial charge in [-0.1, -0.05) is 42.0 Å². The van der Waals surface area contributed by atoms with Gasteiger partial charge in [0.05, 0.1) is 12.8 Å². The normalized spacial score (nSPS) is 10.6. The first-order valence-corrected chi connectivity index (χ1v) is 10.6. The van der Waals surface area contributed by atoms with E-state index in [-0.39, 0.29) is 11.7 Å². The van der Waals surface area contributed by atoms with Crippen molar-refractivity contribution in [1.29, 1.82) is 0 Å². The second-order valence-corrected chi connectivity index (χ2v) is 7.38. The number of aromatic hydroxyl groups is 1. The van der Waals surface area contributed by atoms with Gasteiger partial charge in [0.25, 0.3) is 0 Å². The maximum absolute atomic E-state index is 10.7. The molecule has 0 atom stereocenters. The number of hydrogen-bond acceptors (Lipinski definition) is 7. The van der Waals surface area contributed by atoms with Crippen molar-refractivity contribution in [2.24, 2.45) is 0 Å². The predicted octanol–water partition coefficient (Wildman–Crippen LogP) is 5.51. The van der Waals surface area contributed by atoms with E-state index in [0.717, 1.165) is 5.56 Å². The van der Waals surface area contributed by atoms with E-state index in [0.29, 0.717) is 47.5 Å². The van der Waals surface area contributed by atoms with E-state index in [4.69, 9.17) is 19.9 Å². The first-order chi connectivity index (χ1) is 16.0. The van der Waals surface area contributed by atoms with Gasteiger partial charge in [0, 0.05) is 11.6 Å². The van der Waals surface area contributed by atoms with Crippen LogP contribution in [0.4, 0.5) is 5.95 Å². The van der Waals surface area contributed by atoms with Crippen LogP contribution in [0.25, 0.3) is 11.3 Å². The number of nitrogens with two attached hydrogens (primary N) is 1. The summed E-state index contributed by atoms with van der Waals surface area (Å²) in [7, 11) is 0. The number of hydrogen-bond donors (Lipinski definition) is 2. The average Bonchev–Trinajstić information content (AvgIpc) is 2.81. The van der Waals surface area contributed by atoms with Crippen molar-refractivity contribution in [3.8, 4) is 40.0 Å². The van der Waals surface area contributed by atoms with Crippen molar-refractivity contribution in [2.45, 2.75) is 20.5 Å². The Bertz CT molecular complexity index is 1240. The molecule has 3 N–H and O–H groups in total. The number of nitrogens with zero attached hydrogens (tertiary/aromatic N) is 2. The fourth-order valence-electron chi connectivity index (χ4n) is 3.23. The molecule has 1 aromatic heterocycles. The largest absolute Gasteiger partial charge is 0.507 e. The number of aryl methyl sites for hydroxylation is 1. The van der Waals surface area contributed by atoms with Crippen molar-refractivity contribution < 1.29 is 19.3 Å². The fraction of sp³-hybridized carbons (Fsp3) is 0.154. The van der Waals surface area contributed by atoms with Crippen LogP contribution in [0.1, 0.15) is 18.1 Å². The van der Waals surface area contributed by atoms with Crippen LogP contribution >= 0.6 is 0 Å². The number of anilines is 1. The highest BCUT2D eigenvalue weighted by molar-refractivity contribution is 5.74. The molecule has 0 unspecified atom stereocenters. The van der Waals surface area contributed by atoms with Crippen molar-refractivity contribution in [2.75, 3.05) is 12.3 Å². The first-order valence-electron chi connectivity index (χ1n) is 10.6. The second-order valence-electron chi connectivity index (χ2n) is 7.38. The maximum atomic E-state index is 10.7. The van der Waals surface area contributed by atoms with E-state index in [9.17, 15) is 5.11 Å². The zero-order valence-corrected chi connectivity index (χ0v) is 18.5. The summed E-state index contributed by atoms with van der Waals surface area (Å²) >= 11 is 0. The molecular weight excluding hydrogens is 418 g/mol. The van der Waals surface area contributed by atoms with Gasteiger partial charge in [-0.3, -0.25) is 0 Å². The summed E-state index contributed by atoms with van der Waals surface area (Å²) in [6.07, 6.45) is 1.47. The van der Waals surface area contributed by atoms with Crippen LogP contribution < -0.4 is 19.9 Å². The number of nitrogen functional groups attached to an aromatic ring is 1. The van der Waals surface area contributed by atoms with Gasteiger partial charge in [-0.15, -0.1) is 0 Å². The van der Waals surface area contributed by atoms with Crippen LogP contribution in [0.2, 0.25) is 0 Å². The molecule has 3 aromatic carbocycles. The van der Waals surface area contributed by atoms with Gasteiger partial charge in [-0.2, -0.15) is 0 Å². The Morgan fingerprint density at radius 3 is 2.39 bits per heavy atom. The second kappa shape index (κ2) is 9.91. The van der Waals surface area contributed by atoms with Gasteiger partial charge in [-0.05, 0) is 43.7 Å². The van der Waals surface area contributed by atoms with Crippen LogP contribution in [0.15, 0.2) is 72.9 Å². The number of ether oxygens (including phenoxy) is 3. The average molecular weight is 444 g/mol. The summed E-state index contributed by atoms with van der Waals surface area (Å²) in [5.41, 5.74) is 8.85. The molecule has 1 heterocycles. The van der Waals surface area contributed by atoms with Gasteiger partial charge in [0.15, 0.2) is 17.2 Å². The summed E-state index contributed by atoms with van der Waals surface area (Å²) in [6.45, 7) is 4.82. The lowest BCUT2D eigenvalue weighted by atomic mass is 10.1. The molecule has 33 heavy (non-hydrogen) atoms. The number of para-hydroxylation sites is 2. The summed E-state index contributed by atoms with van der Waals surface area (Å²) in [5.74, 6) is 2.01. The molecule has 0 fully saturated rings. The van der Waals surface area contributed by atoms with E-state index >= 15 is 0 Å². The molecule has 0 aliphatic rings. The Morgan fingerprint density at radius 1 is 0.909 bits per heavy atom. The Kier molecular flexibility index (Phi) is 6.59. The molecule has 0 aliphatic heterocycles. The Hall–Kier alpha value is -4.26. The summed E-state index contributed by atoms with van der Waals surface area (Å²) < 4.78 is 17.5. The Labute approximate surface area is 192 Å². The smallest absolute Gasteiger partial charge is 0.220 e. The molecule has 0 amide bonds. The van der Waals surface area contributed by atoms with Crippen molar-refractivity contribution in [3.63, 3.8) is 0 Å². The number of aromatic nitrogens is 2. The number of rotatable bonds is 8. The molecular formula is C26H25N3O4. The van der Waals surface area contributed by atoms with Gasteiger partial charge >= 0.3 is 0 Å². The van der Waals surface area contributed by atoms with Gasteiger partial charge in [0.2, 0.25) is 5.95 Å². The lowest BCUT2D eigenvalue weighted by Crippen LogP contribution is -2.01. The number of phenolic OH excluding ortho intramolecular Hbond substituents is 1. The molecule has 0 aliphatic carbocycles. The van der Waals surface area contributed by atoms with Crippen molar-refractivity contribution in [3.05, 3.63) is 84.1 Å². The molecule has 168 valence electrons. The standard InChI is InChI=1S/C26H25N3O4/c1-3-31-22-6-4-5-7-23(22)33-24-15-28-26(27)29-25(24)20-13-12-19(14-21(20)30)32-16-18-10-8-17(2)9-11-18/h4-15,30H,3,16H2,1-2H3,(H2,27,28,29). The monoisotopic (exact) mass is 443 g/mol. The van der Waals surface area contributed by atoms with E-state index in [1.165, 1.54) is 11.8 Å². The molecule has 7 nitrogen and oxygen atoms in total. The van der Waals surface area contributed by atoms with E-state index in [1.807, 2.05) is 56.3 Å². The quantitative estimate of drug-likeness (QED) is 0.370. The van der Waals surface area contributed by atoms with Crippen molar-refractivity contribution >= 4 is 5.95 Å². The van der Waals surface area contributed by atoms with Crippen molar-refractivity contribution in [1.82, 2.24) is 9.97 Å². The van der Waals surface area contributed by atoms with Crippen LogP contribution in [-0.4, -0.2) is 21.7 Å². The van der Waals surface area contributed by atoms with Crippen LogP contribution in [0.3, 0.4) is 0 Å². The van der Waals surface area contributed by atoms with E-state index in [1.54, 1.807) is 24.3 Å². The Balaban J connectivity index is 1.59. The minimum Gasteiger partial charge on any atom is -0.507 e. The topological polar surface area (TPSA) is 99.7 Å². The third-order valence-corrected chi connectivity index (χ3v) is 4.89. The fourth-order valence-corrected chi connectivity index (χ4v) is 3.23. The van der Waals surface area contributed by atoms with E-state index < -0.39 is 0 Å². The first kappa shape index (κ1) is 22.0. The number of phenols is 1. The van der Waals surface area contributed by atoms with Gasteiger partial charge in [-0.25, -0.2) is 9.97 Å². The molecule has 7 heteroatoms. The summed E-state index contributed by atoms with van der Waals surface area (Å²) in [4.78, 5) is 8.36. The highest BCUT2D eigenvalue weighted by Crippen LogP contribution is 2.40.